The van der Waals surface area contributed by atoms with Crippen LogP contribution in [0.4, 0.5) is 11.5 Å². The molecular weight excluding hydrogens is 344 g/mol. The standard InChI is InChI=1S/C16H17BrN4O/c17-11-4-3-7-13(8-11)20-15-9-14(18-10-19-15)16(22)21-12-5-1-2-6-12/h3-4,7-10,12H,1-2,5-6H2,(H,21,22)(H,18,19,20). The second-order valence-electron chi connectivity index (χ2n) is 5.38. The van der Waals surface area contributed by atoms with Crippen LogP contribution < -0.4 is 10.6 Å². The van der Waals surface area contributed by atoms with Gasteiger partial charge in [0.2, 0.25) is 0 Å². The van der Waals surface area contributed by atoms with Crippen molar-refractivity contribution in [3.05, 3.63) is 46.8 Å². The molecule has 114 valence electrons. The summed E-state index contributed by atoms with van der Waals surface area (Å²) in [6, 6.07) is 9.72. The molecule has 0 unspecified atom stereocenters. The first kappa shape index (κ1) is 15.0. The van der Waals surface area contributed by atoms with Crippen LogP contribution in [0.3, 0.4) is 0 Å². The van der Waals surface area contributed by atoms with Crippen molar-refractivity contribution in [1.82, 2.24) is 15.3 Å². The lowest BCUT2D eigenvalue weighted by Crippen LogP contribution is -2.33. The maximum absolute atomic E-state index is 12.2. The van der Waals surface area contributed by atoms with Crippen LogP contribution >= 0.6 is 15.9 Å². The maximum atomic E-state index is 12.2. The third-order valence-corrected chi connectivity index (χ3v) is 4.18. The molecule has 6 heteroatoms. The second-order valence-corrected chi connectivity index (χ2v) is 6.29. The Hall–Kier alpha value is -1.95. The Morgan fingerprint density at radius 2 is 2.00 bits per heavy atom. The van der Waals surface area contributed by atoms with Crippen molar-refractivity contribution in [3.63, 3.8) is 0 Å². The average molecular weight is 361 g/mol. The van der Waals surface area contributed by atoms with Crippen molar-refractivity contribution in [1.29, 1.82) is 0 Å². The summed E-state index contributed by atoms with van der Waals surface area (Å²) in [6.45, 7) is 0. The predicted octanol–water partition coefficient (Wildman–Crippen LogP) is 3.66. The summed E-state index contributed by atoms with van der Waals surface area (Å²) in [4.78, 5) is 20.5. The van der Waals surface area contributed by atoms with Gasteiger partial charge in [0, 0.05) is 22.3 Å². The maximum Gasteiger partial charge on any atom is 0.270 e. The van der Waals surface area contributed by atoms with Gasteiger partial charge in [0.25, 0.3) is 5.91 Å². The van der Waals surface area contributed by atoms with E-state index in [1.807, 2.05) is 24.3 Å². The molecular formula is C16H17BrN4O. The van der Waals surface area contributed by atoms with Gasteiger partial charge >= 0.3 is 0 Å². The molecule has 1 heterocycles. The topological polar surface area (TPSA) is 66.9 Å². The van der Waals surface area contributed by atoms with E-state index in [0.717, 1.165) is 23.0 Å². The molecule has 0 aliphatic heterocycles. The van der Waals surface area contributed by atoms with E-state index in [2.05, 4.69) is 36.5 Å². The second kappa shape index (κ2) is 6.87. The molecule has 1 saturated carbocycles. The van der Waals surface area contributed by atoms with Gasteiger partial charge in [-0.05, 0) is 31.0 Å². The van der Waals surface area contributed by atoms with E-state index in [9.17, 15) is 4.79 Å². The van der Waals surface area contributed by atoms with Crippen LogP contribution in [0.2, 0.25) is 0 Å². The minimum Gasteiger partial charge on any atom is -0.348 e. The lowest BCUT2D eigenvalue weighted by molar-refractivity contribution is 0.0932. The largest absolute Gasteiger partial charge is 0.348 e. The van der Waals surface area contributed by atoms with E-state index in [-0.39, 0.29) is 11.9 Å². The number of nitrogens with one attached hydrogen (secondary N) is 2. The molecule has 1 aromatic carbocycles. The van der Waals surface area contributed by atoms with Crippen LogP contribution in [0.15, 0.2) is 41.1 Å². The highest BCUT2D eigenvalue weighted by Crippen LogP contribution is 2.20. The molecule has 22 heavy (non-hydrogen) atoms. The fourth-order valence-electron chi connectivity index (χ4n) is 2.59. The smallest absolute Gasteiger partial charge is 0.270 e. The minimum absolute atomic E-state index is 0.133. The Kier molecular flexibility index (Phi) is 4.68. The zero-order valence-electron chi connectivity index (χ0n) is 12.1. The zero-order chi connectivity index (χ0) is 15.4. The molecule has 0 saturated heterocycles. The van der Waals surface area contributed by atoms with Crippen LogP contribution in [0, 0.1) is 0 Å². The summed E-state index contributed by atoms with van der Waals surface area (Å²) >= 11 is 3.43. The third kappa shape index (κ3) is 3.82. The van der Waals surface area contributed by atoms with E-state index in [1.165, 1.54) is 19.2 Å². The highest BCUT2D eigenvalue weighted by molar-refractivity contribution is 9.10. The van der Waals surface area contributed by atoms with Crippen LogP contribution in [0.25, 0.3) is 0 Å². The van der Waals surface area contributed by atoms with Crippen molar-refractivity contribution >= 4 is 33.3 Å². The van der Waals surface area contributed by atoms with E-state index in [1.54, 1.807) is 6.07 Å². The number of aromatic nitrogens is 2. The molecule has 0 spiro atoms. The first-order valence-corrected chi connectivity index (χ1v) is 8.15. The van der Waals surface area contributed by atoms with Gasteiger partial charge in [-0.3, -0.25) is 4.79 Å². The van der Waals surface area contributed by atoms with Crippen LogP contribution in [-0.2, 0) is 0 Å². The summed E-state index contributed by atoms with van der Waals surface area (Å²) in [5.74, 6) is 0.469. The Balaban J connectivity index is 1.70. The number of amides is 1. The summed E-state index contributed by atoms with van der Waals surface area (Å²) in [6.07, 6.45) is 5.89. The molecule has 1 amide bonds. The van der Waals surface area contributed by atoms with Gasteiger partial charge in [-0.25, -0.2) is 9.97 Å². The molecule has 1 fully saturated rings. The van der Waals surface area contributed by atoms with Gasteiger partial charge < -0.3 is 10.6 Å². The fourth-order valence-corrected chi connectivity index (χ4v) is 2.99. The van der Waals surface area contributed by atoms with E-state index in [0.29, 0.717) is 11.5 Å². The Labute approximate surface area is 137 Å². The number of hydrogen-bond acceptors (Lipinski definition) is 4. The average Bonchev–Trinajstić information content (AvgIpc) is 3.00. The van der Waals surface area contributed by atoms with Gasteiger partial charge in [0.15, 0.2) is 0 Å². The molecule has 2 aromatic rings. The SMILES string of the molecule is O=C(NC1CCCC1)c1cc(Nc2cccc(Br)c2)ncn1. The number of nitrogens with zero attached hydrogens (tertiary/aromatic N) is 2. The highest BCUT2D eigenvalue weighted by Gasteiger charge is 2.18. The van der Waals surface area contributed by atoms with Crippen molar-refractivity contribution in [3.8, 4) is 0 Å². The number of carbonyl (C=O) groups is 1. The summed E-state index contributed by atoms with van der Waals surface area (Å²) in [5, 5.41) is 6.20. The monoisotopic (exact) mass is 360 g/mol. The Bertz CT molecular complexity index is 671. The first-order chi connectivity index (χ1) is 10.7. The number of hydrogen-bond donors (Lipinski definition) is 2. The third-order valence-electron chi connectivity index (χ3n) is 3.69. The Morgan fingerprint density at radius 3 is 2.77 bits per heavy atom. The lowest BCUT2D eigenvalue weighted by Gasteiger charge is -2.12. The zero-order valence-corrected chi connectivity index (χ0v) is 13.6. The van der Waals surface area contributed by atoms with Gasteiger partial charge in [0.05, 0.1) is 0 Å². The van der Waals surface area contributed by atoms with E-state index >= 15 is 0 Å². The van der Waals surface area contributed by atoms with Crippen molar-refractivity contribution in [2.75, 3.05) is 5.32 Å². The normalized spacial score (nSPS) is 14.8. The lowest BCUT2D eigenvalue weighted by atomic mass is 10.2. The van der Waals surface area contributed by atoms with Crippen LogP contribution in [0.5, 0.6) is 0 Å². The molecule has 5 nitrogen and oxygen atoms in total. The molecule has 1 aliphatic rings. The molecule has 0 bridgehead atoms. The number of anilines is 2. The van der Waals surface area contributed by atoms with Crippen molar-refractivity contribution < 1.29 is 4.79 Å². The van der Waals surface area contributed by atoms with Gasteiger partial charge in [0.1, 0.15) is 17.8 Å². The minimum atomic E-state index is -0.133. The van der Waals surface area contributed by atoms with Gasteiger partial charge in [-0.15, -0.1) is 0 Å². The van der Waals surface area contributed by atoms with Gasteiger partial charge in [-0.1, -0.05) is 34.8 Å². The van der Waals surface area contributed by atoms with Crippen molar-refractivity contribution in [2.45, 2.75) is 31.7 Å². The van der Waals surface area contributed by atoms with Gasteiger partial charge in [-0.2, -0.15) is 0 Å². The first-order valence-electron chi connectivity index (χ1n) is 7.36. The summed E-state index contributed by atoms with van der Waals surface area (Å²) < 4.78 is 0.978. The van der Waals surface area contributed by atoms with E-state index < -0.39 is 0 Å². The highest BCUT2D eigenvalue weighted by atomic mass is 79.9. The quantitative estimate of drug-likeness (QED) is 0.872. The number of rotatable bonds is 4. The molecule has 3 rings (SSSR count). The number of halogens is 1. The van der Waals surface area contributed by atoms with Crippen molar-refractivity contribution in [2.24, 2.45) is 0 Å². The Morgan fingerprint density at radius 1 is 1.18 bits per heavy atom. The van der Waals surface area contributed by atoms with E-state index in [4.69, 9.17) is 0 Å². The molecule has 2 N–H and O–H groups in total. The summed E-state index contributed by atoms with van der Waals surface area (Å²) in [5.41, 5.74) is 1.29. The molecule has 0 radical (unpaired) electrons. The fraction of sp³-hybridized carbons (Fsp3) is 0.312. The number of carbonyl (C=O) groups excluding carboxylic acids is 1. The van der Waals surface area contributed by atoms with Crippen LogP contribution in [0.1, 0.15) is 36.2 Å². The predicted molar refractivity (Wildman–Crippen MR) is 89.2 cm³/mol. The molecule has 1 aliphatic carbocycles. The van der Waals surface area contributed by atoms with Crippen LogP contribution in [-0.4, -0.2) is 21.9 Å². The molecule has 0 atom stereocenters. The molecule has 1 aromatic heterocycles. The number of benzene rings is 1. The summed E-state index contributed by atoms with van der Waals surface area (Å²) in [7, 11) is 0.